The smallest absolute Gasteiger partial charge is 0.0550 e. The highest BCUT2D eigenvalue weighted by Crippen LogP contribution is 2.23. The fraction of sp³-hybridized carbons (Fsp3) is 0.455. The predicted octanol–water partition coefficient (Wildman–Crippen LogP) is 3.64. The Morgan fingerprint density at radius 2 is 2.14 bits per heavy atom. The van der Waals surface area contributed by atoms with E-state index in [0.717, 1.165) is 22.5 Å². The van der Waals surface area contributed by atoms with Gasteiger partial charge in [0.2, 0.25) is 0 Å². The lowest BCUT2D eigenvalue weighted by Crippen LogP contribution is -2.24. The van der Waals surface area contributed by atoms with Crippen LogP contribution in [0.3, 0.4) is 0 Å². The molecule has 0 amide bonds. The van der Waals surface area contributed by atoms with Crippen LogP contribution in [-0.4, -0.2) is 12.6 Å². The third kappa shape index (κ3) is 3.99. The van der Waals surface area contributed by atoms with Crippen LogP contribution in [0.1, 0.15) is 19.4 Å². The minimum atomic E-state index is 0.543. The van der Waals surface area contributed by atoms with Crippen LogP contribution < -0.4 is 5.32 Å². The fourth-order valence-electron chi connectivity index (χ4n) is 1.20. The summed E-state index contributed by atoms with van der Waals surface area (Å²) in [5, 5.41) is 4.16. The first kappa shape index (κ1) is 12.0. The summed E-state index contributed by atoms with van der Waals surface area (Å²) in [5.74, 6) is 0. The van der Waals surface area contributed by atoms with Crippen LogP contribution in [0.5, 0.6) is 0 Å². The number of rotatable bonds is 4. The van der Waals surface area contributed by atoms with Crippen molar-refractivity contribution in [3.8, 4) is 0 Å². The van der Waals surface area contributed by atoms with Crippen molar-refractivity contribution in [1.29, 1.82) is 0 Å². The van der Waals surface area contributed by atoms with Crippen LogP contribution in [-0.2, 0) is 6.42 Å². The summed E-state index contributed by atoms with van der Waals surface area (Å²) >= 11 is 9.36. The third-order valence-corrected chi connectivity index (χ3v) is 3.18. The van der Waals surface area contributed by atoms with Crippen LogP contribution in [0.15, 0.2) is 22.7 Å². The molecule has 0 aliphatic rings. The lowest BCUT2D eigenvalue weighted by atomic mass is 10.1. The van der Waals surface area contributed by atoms with Gasteiger partial charge in [0.05, 0.1) is 5.02 Å². The molecule has 0 atom stereocenters. The zero-order valence-electron chi connectivity index (χ0n) is 8.48. The topological polar surface area (TPSA) is 12.0 Å². The Morgan fingerprint density at radius 1 is 1.43 bits per heavy atom. The highest BCUT2D eigenvalue weighted by Gasteiger charge is 1.99. The quantitative estimate of drug-likeness (QED) is 0.885. The highest BCUT2D eigenvalue weighted by molar-refractivity contribution is 9.10. The molecule has 1 N–H and O–H groups in total. The van der Waals surface area contributed by atoms with Crippen molar-refractivity contribution in [2.75, 3.05) is 6.54 Å². The van der Waals surface area contributed by atoms with Gasteiger partial charge >= 0.3 is 0 Å². The van der Waals surface area contributed by atoms with Crippen molar-refractivity contribution in [3.05, 3.63) is 33.3 Å². The third-order valence-electron chi connectivity index (χ3n) is 1.95. The molecule has 0 saturated heterocycles. The molecule has 0 aliphatic carbocycles. The van der Waals surface area contributed by atoms with Gasteiger partial charge in [-0.3, -0.25) is 0 Å². The minimum absolute atomic E-state index is 0.543. The summed E-state index contributed by atoms with van der Waals surface area (Å²) in [6, 6.07) is 6.64. The van der Waals surface area contributed by atoms with Gasteiger partial charge in [0.1, 0.15) is 0 Å². The Bertz CT molecular complexity index is 299. The maximum Gasteiger partial charge on any atom is 0.0550 e. The number of hydrogen-bond donors (Lipinski definition) is 1. The molecular formula is C11H15BrClN. The van der Waals surface area contributed by atoms with Crippen molar-refractivity contribution >= 4 is 27.5 Å². The van der Waals surface area contributed by atoms with Gasteiger partial charge in [0, 0.05) is 10.5 Å². The van der Waals surface area contributed by atoms with E-state index in [4.69, 9.17) is 11.6 Å². The first-order valence-electron chi connectivity index (χ1n) is 4.77. The molecule has 3 heteroatoms. The summed E-state index contributed by atoms with van der Waals surface area (Å²) in [7, 11) is 0. The van der Waals surface area contributed by atoms with Crippen LogP contribution in [0.4, 0.5) is 0 Å². The van der Waals surface area contributed by atoms with Gasteiger partial charge in [-0.15, -0.1) is 0 Å². The van der Waals surface area contributed by atoms with Crippen molar-refractivity contribution in [1.82, 2.24) is 5.32 Å². The summed E-state index contributed by atoms with van der Waals surface area (Å²) in [6.07, 6.45) is 1.02. The van der Waals surface area contributed by atoms with E-state index in [9.17, 15) is 0 Å². The molecule has 0 heterocycles. The van der Waals surface area contributed by atoms with E-state index < -0.39 is 0 Å². The molecule has 1 rings (SSSR count). The first-order chi connectivity index (χ1) is 6.59. The molecule has 1 aromatic rings. The second-order valence-electron chi connectivity index (χ2n) is 3.61. The molecule has 0 fully saturated rings. The second-order valence-corrected chi connectivity index (χ2v) is 4.87. The lowest BCUT2D eigenvalue weighted by molar-refractivity contribution is 0.590. The van der Waals surface area contributed by atoms with Gasteiger partial charge in [0.15, 0.2) is 0 Å². The second kappa shape index (κ2) is 5.74. The van der Waals surface area contributed by atoms with E-state index in [2.05, 4.69) is 41.2 Å². The van der Waals surface area contributed by atoms with E-state index in [1.54, 1.807) is 0 Å². The van der Waals surface area contributed by atoms with Crippen molar-refractivity contribution in [2.24, 2.45) is 0 Å². The average molecular weight is 277 g/mol. The largest absolute Gasteiger partial charge is 0.314 e. The molecule has 0 unspecified atom stereocenters. The number of halogens is 2. The van der Waals surface area contributed by atoms with Crippen LogP contribution in [0.25, 0.3) is 0 Å². The zero-order valence-corrected chi connectivity index (χ0v) is 10.8. The maximum absolute atomic E-state index is 5.99. The summed E-state index contributed by atoms with van der Waals surface area (Å²) in [6.45, 7) is 5.29. The normalized spacial score (nSPS) is 10.9. The standard InChI is InChI=1S/C11H15BrClN/c1-8(2)14-6-5-9-3-4-10(12)11(13)7-9/h3-4,7-8,14H,5-6H2,1-2H3. The van der Waals surface area contributed by atoms with Crippen molar-refractivity contribution in [3.63, 3.8) is 0 Å². The molecule has 0 aliphatic heterocycles. The Morgan fingerprint density at radius 3 is 2.71 bits per heavy atom. The van der Waals surface area contributed by atoms with E-state index in [1.807, 2.05) is 12.1 Å². The van der Waals surface area contributed by atoms with E-state index >= 15 is 0 Å². The zero-order chi connectivity index (χ0) is 10.6. The van der Waals surface area contributed by atoms with Crippen LogP contribution in [0, 0.1) is 0 Å². The number of nitrogens with one attached hydrogen (secondary N) is 1. The molecule has 1 aromatic carbocycles. The van der Waals surface area contributed by atoms with Crippen LogP contribution in [0.2, 0.25) is 5.02 Å². The van der Waals surface area contributed by atoms with Gasteiger partial charge in [-0.1, -0.05) is 31.5 Å². The minimum Gasteiger partial charge on any atom is -0.314 e. The summed E-state index contributed by atoms with van der Waals surface area (Å²) < 4.78 is 0.958. The maximum atomic E-state index is 5.99. The molecule has 14 heavy (non-hydrogen) atoms. The molecule has 0 bridgehead atoms. The first-order valence-corrected chi connectivity index (χ1v) is 5.94. The monoisotopic (exact) mass is 275 g/mol. The lowest BCUT2D eigenvalue weighted by Gasteiger charge is -2.08. The molecular weight excluding hydrogens is 261 g/mol. The van der Waals surface area contributed by atoms with E-state index in [0.29, 0.717) is 6.04 Å². The van der Waals surface area contributed by atoms with E-state index in [-0.39, 0.29) is 0 Å². The van der Waals surface area contributed by atoms with Gasteiger partial charge in [-0.25, -0.2) is 0 Å². The molecule has 0 radical (unpaired) electrons. The van der Waals surface area contributed by atoms with E-state index in [1.165, 1.54) is 5.56 Å². The predicted molar refractivity (Wildman–Crippen MR) is 66.0 cm³/mol. The molecule has 78 valence electrons. The number of benzene rings is 1. The molecule has 0 spiro atoms. The molecule has 0 saturated carbocycles. The Hall–Kier alpha value is -0.0500. The summed E-state index contributed by atoms with van der Waals surface area (Å²) in [5.41, 5.74) is 1.27. The molecule has 1 nitrogen and oxygen atoms in total. The Balaban J connectivity index is 2.47. The molecule has 0 aromatic heterocycles. The van der Waals surface area contributed by atoms with Crippen molar-refractivity contribution < 1.29 is 0 Å². The average Bonchev–Trinajstić information content (AvgIpc) is 2.10. The van der Waals surface area contributed by atoms with Gasteiger partial charge in [-0.2, -0.15) is 0 Å². The van der Waals surface area contributed by atoms with Crippen molar-refractivity contribution in [2.45, 2.75) is 26.3 Å². The Kier molecular flexibility index (Phi) is 4.93. The fourth-order valence-corrected chi connectivity index (χ4v) is 1.65. The SMILES string of the molecule is CC(C)NCCc1ccc(Br)c(Cl)c1. The highest BCUT2D eigenvalue weighted by atomic mass is 79.9. The summed E-state index contributed by atoms with van der Waals surface area (Å²) in [4.78, 5) is 0. The van der Waals surface area contributed by atoms with Gasteiger partial charge < -0.3 is 5.32 Å². The van der Waals surface area contributed by atoms with Crippen LogP contribution >= 0.6 is 27.5 Å². The van der Waals surface area contributed by atoms with Gasteiger partial charge in [-0.05, 0) is 46.6 Å². The number of hydrogen-bond acceptors (Lipinski definition) is 1. The van der Waals surface area contributed by atoms with Gasteiger partial charge in [0.25, 0.3) is 0 Å². The Labute approximate surface area is 99.0 Å².